The molecule has 3 aromatic rings. The number of methoxy groups -OCH3 is 1. The van der Waals surface area contributed by atoms with Gasteiger partial charge in [0.15, 0.2) is 5.82 Å². The molecule has 0 saturated heterocycles. The third kappa shape index (κ3) is 2.87. The first-order valence-electron chi connectivity index (χ1n) is 6.62. The largest absolute Gasteiger partial charge is 0.496 e. The quantitative estimate of drug-likeness (QED) is 0.722. The van der Waals surface area contributed by atoms with Gasteiger partial charge in [0.2, 0.25) is 0 Å². The van der Waals surface area contributed by atoms with Gasteiger partial charge in [-0.1, -0.05) is 17.7 Å². The van der Waals surface area contributed by atoms with Crippen molar-refractivity contribution in [2.75, 3.05) is 12.8 Å². The molecule has 22 heavy (non-hydrogen) atoms. The lowest BCUT2D eigenvalue weighted by molar-refractivity contribution is 0.416. The first kappa shape index (κ1) is 14.3. The number of halogens is 1. The van der Waals surface area contributed by atoms with E-state index < -0.39 is 0 Å². The molecule has 2 aromatic heterocycles. The van der Waals surface area contributed by atoms with E-state index >= 15 is 0 Å². The van der Waals surface area contributed by atoms with E-state index in [1.165, 1.54) is 0 Å². The van der Waals surface area contributed by atoms with Gasteiger partial charge in [-0.3, -0.25) is 10.1 Å². The van der Waals surface area contributed by atoms with Crippen molar-refractivity contribution in [2.45, 2.75) is 6.42 Å². The van der Waals surface area contributed by atoms with Crippen molar-refractivity contribution in [3.63, 3.8) is 0 Å². The zero-order valence-corrected chi connectivity index (χ0v) is 12.6. The molecule has 0 bridgehead atoms. The summed E-state index contributed by atoms with van der Waals surface area (Å²) in [6.07, 6.45) is 2.31. The summed E-state index contributed by atoms with van der Waals surface area (Å²) in [6, 6.07) is 9.09. The summed E-state index contributed by atoms with van der Waals surface area (Å²) in [5.41, 5.74) is 7.83. The average Bonchev–Trinajstić information content (AvgIpc) is 2.99. The van der Waals surface area contributed by atoms with Gasteiger partial charge in [0.05, 0.1) is 23.4 Å². The van der Waals surface area contributed by atoms with Gasteiger partial charge < -0.3 is 10.5 Å². The Bertz CT molecular complexity index is 788. The second kappa shape index (κ2) is 6.03. The van der Waals surface area contributed by atoms with E-state index in [9.17, 15) is 0 Å². The number of pyridine rings is 1. The molecule has 6 nitrogen and oxygen atoms in total. The molecular weight excluding hydrogens is 302 g/mol. The van der Waals surface area contributed by atoms with Gasteiger partial charge in [-0.25, -0.2) is 4.98 Å². The number of benzene rings is 1. The molecule has 0 saturated carbocycles. The predicted octanol–water partition coefficient (Wildman–Crippen LogP) is 2.70. The van der Waals surface area contributed by atoms with E-state index in [0.29, 0.717) is 40.1 Å². The second-order valence-corrected chi connectivity index (χ2v) is 5.08. The van der Waals surface area contributed by atoms with Crippen LogP contribution in [0, 0.1) is 0 Å². The average molecular weight is 316 g/mol. The highest BCUT2D eigenvalue weighted by molar-refractivity contribution is 6.33. The van der Waals surface area contributed by atoms with Crippen molar-refractivity contribution in [1.82, 2.24) is 20.2 Å². The number of nitrogen functional groups attached to an aromatic ring is 1. The number of hydrogen-bond donors (Lipinski definition) is 2. The van der Waals surface area contributed by atoms with Crippen LogP contribution < -0.4 is 10.5 Å². The van der Waals surface area contributed by atoms with Gasteiger partial charge in [0.25, 0.3) is 0 Å². The number of anilines is 1. The Morgan fingerprint density at radius 2 is 2.18 bits per heavy atom. The maximum Gasteiger partial charge on any atom is 0.184 e. The number of nitrogens with zero attached hydrogens (tertiary/aromatic N) is 3. The zero-order valence-electron chi connectivity index (χ0n) is 11.9. The normalized spacial score (nSPS) is 10.6. The molecule has 0 fully saturated rings. The number of nitrogens with two attached hydrogens (primary N) is 1. The van der Waals surface area contributed by atoms with Crippen molar-refractivity contribution in [3.8, 4) is 17.1 Å². The topological polar surface area (TPSA) is 89.7 Å². The minimum atomic E-state index is 0.437. The Morgan fingerprint density at radius 1 is 1.32 bits per heavy atom. The van der Waals surface area contributed by atoms with Crippen LogP contribution in [0.3, 0.4) is 0 Å². The summed E-state index contributed by atoms with van der Waals surface area (Å²) in [5.74, 6) is 1.79. The van der Waals surface area contributed by atoms with Crippen molar-refractivity contribution in [2.24, 2.45) is 0 Å². The molecule has 0 spiro atoms. The minimum Gasteiger partial charge on any atom is -0.496 e. The molecule has 0 aliphatic rings. The lowest BCUT2D eigenvalue weighted by atomic mass is 10.1. The molecular formula is C15H14ClN5O. The third-order valence-corrected chi connectivity index (χ3v) is 3.49. The maximum atomic E-state index is 6.07. The standard InChI is InChI=1S/C15H14ClN5O/c1-22-13-8-12(17)11(16)7-10(13)15-19-14(20-21-15)6-9-4-2-3-5-18-9/h2-5,7-8H,6,17H2,1H3,(H,19,20,21). The summed E-state index contributed by atoms with van der Waals surface area (Å²) in [6.45, 7) is 0. The monoisotopic (exact) mass is 315 g/mol. The fraction of sp³-hybridized carbons (Fsp3) is 0.133. The Hall–Kier alpha value is -2.60. The molecule has 0 amide bonds. The lowest BCUT2D eigenvalue weighted by Crippen LogP contribution is -1.95. The molecule has 2 heterocycles. The van der Waals surface area contributed by atoms with Crippen LogP contribution in [0.5, 0.6) is 5.75 Å². The summed E-state index contributed by atoms with van der Waals surface area (Å²) in [4.78, 5) is 8.73. The van der Waals surface area contributed by atoms with Crippen LogP contribution in [0.4, 0.5) is 5.69 Å². The third-order valence-electron chi connectivity index (χ3n) is 3.17. The Kier molecular flexibility index (Phi) is 3.93. The van der Waals surface area contributed by atoms with Crippen molar-refractivity contribution in [1.29, 1.82) is 0 Å². The molecule has 3 N–H and O–H groups in total. The molecule has 0 atom stereocenters. The van der Waals surface area contributed by atoms with Crippen LogP contribution in [0.15, 0.2) is 36.5 Å². The first-order chi connectivity index (χ1) is 10.7. The van der Waals surface area contributed by atoms with Crippen LogP contribution in [0.25, 0.3) is 11.4 Å². The minimum absolute atomic E-state index is 0.437. The number of ether oxygens (including phenoxy) is 1. The molecule has 112 valence electrons. The van der Waals surface area contributed by atoms with E-state index in [-0.39, 0.29) is 0 Å². The summed E-state index contributed by atoms with van der Waals surface area (Å²) < 4.78 is 5.32. The Labute approximate surface area is 132 Å². The van der Waals surface area contributed by atoms with Gasteiger partial charge in [-0.05, 0) is 18.2 Å². The van der Waals surface area contributed by atoms with Crippen LogP contribution in [0.2, 0.25) is 5.02 Å². The van der Waals surface area contributed by atoms with E-state index in [0.717, 1.165) is 5.69 Å². The molecule has 0 radical (unpaired) electrons. The van der Waals surface area contributed by atoms with Crippen LogP contribution in [-0.4, -0.2) is 27.3 Å². The molecule has 0 aliphatic carbocycles. The second-order valence-electron chi connectivity index (χ2n) is 4.68. The highest BCUT2D eigenvalue weighted by Crippen LogP contribution is 2.34. The number of nitrogens with one attached hydrogen (secondary N) is 1. The molecule has 0 aliphatic heterocycles. The molecule has 7 heteroatoms. The van der Waals surface area contributed by atoms with Crippen LogP contribution in [-0.2, 0) is 6.42 Å². The maximum absolute atomic E-state index is 6.07. The summed E-state index contributed by atoms with van der Waals surface area (Å²) in [7, 11) is 1.56. The van der Waals surface area contributed by atoms with Gasteiger partial charge in [-0.15, -0.1) is 0 Å². The molecule has 3 rings (SSSR count). The number of H-pyrrole nitrogens is 1. The molecule has 1 aromatic carbocycles. The van der Waals surface area contributed by atoms with Crippen molar-refractivity contribution < 1.29 is 4.74 Å². The zero-order chi connectivity index (χ0) is 15.5. The van der Waals surface area contributed by atoms with Gasteiger partial charge in [0.1, 0.15) is 11.6 Å². The first-order valence-corrected chi connectivity index (χ1v) is 6.99. The number of hydrogen-bond acceptors (Lipinski definition) is 5. The fourth-order valence-electron chi connectivity index (χ4n) is 2.08. The Balaban J connectivity index is 1.92. The van der Waals surface area contributed by atoms with Gasteiger partial charge in [-0.2, -0.15) is 5.10 Å². The number of aromatic amines is 1. The van der Waals surface area contributed by atoms with E-state index in [1.807, 2.05) is 18.2 Å². The smallest absolute Gasteiger partial charge is 0.184 e. The lowest BCUT2D eigenvalue weighted by Gasteiger charge is -2.07. The van der Waals surface area contributed by atoms with Gasteiger partial charge >= 0.3 is 0 Å². The number of aromatic nitrogens is 4. The number of rotatable bonds is 4. The predicted molar refractivity (Wildman–Crippen MR) is 84.8 cm³/mol. The van der Waals surface area contributed by atoms with Crippen molar-refractivity contribution >= 4 is 17.3 Å². The summed E-state index contributed by atoms with van der Waals surface area (Å²) >= 11 is 6.07. The van der Waals surface area contributed by atoms with Crippen molar-refractivity contribution in [3.05, 3.63) is 53.1 Å². The highest BCUT2D eigenvalue weighted by atomic mass is 35.5. The summed E-state index contributed by atoms with van der Waals surface area (Å²) in [5, 5.41) is 7.56. The van der Waals surface area contributed by atoms with Crippen LogP contribution in [0.1, 0.15) is 11.5 Å². The van der Waals surface area contributed by atoms with Gasteiger partial charge in [0, 0.05) is 24.4 Å². The highest BCUT2D eigenvalue weighted by Gasteiger charge is 2.14. The van der Waals surface area contributed by atoms with E-state index in [4.69, 9.17) is 22.1 Å². The van der Waals surface area contributed by atoms with E-state index in [1.54, 1.807) is 25.4 Å². The van der Waals surface area contributed by atoms with Crippen LogP contribution >= 0.6 is 11.6 Å². The SMILES string of the molecule is COc1cc(N)c(Cl)cc1-c1n[nH]c(Cc2ccccn2)n1. The fourth-order valence-corrected chi connectivity index (χ4v) is 2.25. The molecule has 0 unspecified atom stereocenters. The van der Waals surface area contributed by atoms with E-state index in [2.05, 4.69) is 20.2 Å². The Morgan fingerprint density at radius 3 is 2.91 bits per heavy atom.